The lowest BCUT2D eigenvalue weighted by Crippen LogP contribution is -2.30. The first-order valence-electron chi connectivity index (χ1n) is 7.13. The van der Waals surface area contributed by atoms with Crippen molar-refractivity contribution in [1.29, 1.82) is 0 Å². The first-order chi connectivity index (χ1) is 9.91. The molecule has 1 aliphatic heterocycles. The van der Waals surface area contributed by atoms with Crippen LogP contribution in [0, 0.1) is 0 Å². The average Bonchev–Trinajstić information content (AvgIpc) is 2.45. The Hall–Kier alpha value is -1.30. The molecule has 0 bridgehead atoms. The van der Waals surface area contributed by atoms with Gasteiger partial charge in [0.15, 0.2) is 6.29 Å². The minimum atomic E-state index is -1.64. The van der Waals surface area contributed by atoms with Crippen molar-refractivity contribution in [2.75, 3.05) is 14.2 Å². The van der Waals surface area contributed by atoms with E-state index in [1.807, 2.05) is 30.3 Å². The molecule has 5 heteroatoms. The molecule has 116 valence electrons. The highest BCUT2D eigenvalue weighted by Gasteiger charge is 2.28. The second-order valence-corrected chi connectivity index (χ2v) is 10.5. The number of benzene rings is 1. The second kappa shape index (κ2) is 6.64. The quantitative estimate of drug-likeness (QED) is 0.774. The van der Waals surface area contributed by atoms with E-state index in [1.54, 1.807) is 14.2 Å². The molecule has 1 aromatic carbocycles. The highest BCUT2D eigenvalue weighted by atomic mass is 28.4. The molecule has 0 amide bonds. The van der Waals surface area contributed by atoms with Gasteiger partial charge in [-0.25, -0.2) is 0 Å². The molecular formula is C16H24O4Si. The molecule has 4 nitrogen and oxygen atoms in total. The van der Waals surface area contributed by atoms with E-state index in [-0.39, 0.29) is 12.4 Å². The summed E-state index contributed by atoms with van der Waals surface area (Å²) in [6.45, 7) is 6.52. The van der Waals surface area contributed by atoms with Gasteiger partial charge in [-0.3, -0.25) is 0 Å². The largest absolute Gasteiger partial charge is 0.547 e. The van der Waals surface area contributed by atoms with Crippen molar-refractivity contribution in [3.05, 3.63) is 41.7 Å². The van der Waals surface area contributed by atoms with Crippen LogP contribution < -0.4 is 4.74 Å². The van der Waals surface area contributed by atoms with E-state index >= 15 is 0 Å². The second-order valence-electron chi connectivity index (χ2n) is 6.06. The molecule has 2 atom stereocenters. The van der Waals surface area contributed by atoms with Gasteiger partial charge in [0.2, 0.25) is 8.32 Å². The lowest BCUT2D eigenvalue weighted by atomic mass is 10.0. The van der Waals surface area contributed by atoms with Crippen LogP contribution in [0.25, 0.3) is 0 Å². The van der Waals surface area contributed by atoms with Crippen molar-refractivity contribution in [3.63, 3.8) is 0 Å². The fraction of sp³-hybridized carbons (Fsp3) is 0.500. The first-order valence-corrected chi connectivity index (χ1v) is 10.5. The number of ether oxygens (including phenoxy) is 3. The van der Waals surface area contributed by atoms with Gasteiger partial charge in [0.05, 0.1) is 19.0 Å². The SMILES string of the molecule is COc1cccc([C@@H]2CC(O[Si](C)(C)C)=CC(OC)O2)c1. The summed E-state index contributed by atoms with van der Waals surface area (Å²) in [5, 5.41) is 0. The van der Waals surface area contributed by atoms with Gasteiger partial charge in [0, 0.05) is 19.6 Å². The lowest BCUT2D eigenvalue weighted by Gasteiger charge is -2.32. The third kappa shape index (κ3) is 4.59. The Bertz CT molecular complexity index is 507. The Labute approximate surface area is 127 Å². The van der Waals surface area contributed by atoms with Gasteiger partial charge >= 0.3 is 0 Å². The Balaban J connectivity index is 2.19. The van der Waals surface area contributed by atoms with Crippen molar-refractivity contribution in [1.82, 2.24) is 0 Å². The maximum atomic E-state index is 6.13. The molecule has 1 aromatic rings. The van der Waals surface area contributed by atoms with E-state index in [0.29, 0.717) is 0 Å². The fourth-order valence-electron chi connectivity index (χ4n) is 2.28. The maximum absolute atomic E-state index is 6.13. The molecular weight excluding hydrogens is 284 g/mol. The Morgan fingerprint density at radius 2 is 1.95 bits per heavy atom. The number of hydrogen-bond donors (Lipinski definition) is 0. The summed E-state index contributed by atoms with van der Waals surface area (Å²) in [4.78, 5) is 0. The smallest absolute Gasteiger partial charge is 0.241 e. The summed E-state index contributed by atoms with van der Waals surface area (Å²) in [6.07, 6.45) is 2.19. The van der Waals surface area contributed by atoms with Crippen molar-refractivity contribution < 1.29 is 18.6 Å². The highest BCUT2D eigenvalue weighted by Crippen LogP contribution is 2.34. The van der Waals surface area contributed by atoms with Crippen LogP contribution in [0.3, 0.4) is 0 Å². The molecule has 1 unspecified atom stereocenters. The van der Waals surface area contributed by atoms with E-state index in [2.05, 4.69) is 19.6 Å². The lowest BCUT2D eigenvalue weighted by molar-refractivity contribution is -0.139. The summed E-state index contributed by atoms with van der Waals surface area (Å²) >= 11 is 0. The summed E-state index contributed by atoms with van der Waals surface area (Å²) in [6, 6.07) is 7.93. The molecule has 0 N–H and O–H groups in total. The normalized spacial score (nSPS) is 22.6. The summed E-state index contributed by atoms with van der Waals surface area (Å²) in [5.41, 5.74) is 1.07. The molecule has 0 fully saturated rings. The van der Waals surface area contributed by atoms with Crippen LogP contribution in [0.1, 0.15) is 18.1 Å². The van der Waals surface area contributed by atoms with E-state index < -0.39 is 8.32 Å². The zero-order valence-corrected chi connectivity index (χ0v) is 14.4. The molecule has 0 saturated carbocycles. The molecule has 0 aliphatic carbocycles. The van der Waals surface area contributed by atoms with E-state index in [0.717, 1.165) is 23.5 Å². The van der Waals surface area contributed by atoms with Crippen LogP contribution in [0.15, 0.2) is 36.1 Å². The molecule has 0 saturated heterocycles. The van der Waals surface area contributed by atoms with Gasteiger partial charge in [-0.2, -0.15) is 0 Å². The minimum Gasteiger partial charge on any atom is -0.547 e. The van der Waals surface area contributed by atoms with Gasteiger partial charge < -0.3 is 18.6 Å². The third-order valence-electron chi connectivity index (χ3n) is 3.14. The van der Waals surface area contributed by atoms with E-state index in [1.165, 1.54) is 0 Å². The topological polar surface area (TPSA) is 36.9 Å². The predicted molar refractivity (Wildman–Crippen MR) is 84.7 cm³/mol. The molecule has 0 radical (unpaired) electrons. The monoisotopic (exact) mass is 308 g/mol. The van der Waals surface area contributed by atoms with Gasteiger partial charge in [-0.05, 0) is 37.3 Å². The fourth-order valence-corrected chi connectivity index (χ4v) is 3.22. The van der Waals surface area contributed by atoms with Gasteiger partial charge in [-0.1, -0.05) is 12.1 Å². The zero-order chi connectivity index (χ0) is 15.5. The number of methoxy groups -OCH3 is 2. The van der Waals surface area contributed by atoms with Gasteiger partial charge in [0.25, 0.3) is 0 Å². The minimum absolute atomic E-state index is 0.0820. The van der Waals surface area contributed by atoms with Crippen molar-refractivity contribution in [2.45, 2.75) is 38.5 Å². The average molecular weight is 308 g/mol. The summed E-state index contributed by atoms with van der Waals surface area (Å²) in [5.74, 6) is 1.78. The first kappa shape index (κ1) is 16.1. The van der Waals surface area contributed by atoms with Gasteiger partial charge in [0.1, 0.15) is 5.75 Å². The highest BCUT2D eigenvalue weighted by molar-refractivity contribution is 6.70. The summed E-state index contributed by atoms with van der Waals surface area (Å²) in [7, 11) is 1.67. The Morgan fingerprint density at radius 3 is 2.57 bits per heavy atom. The van der Waals surface area contributed by atoms with Crippen LogP contribution in [0.5, 0.6) is 5.75 Å². The Kier molecular flexibility index (Phi) is 5.08. The molecule has 1 aliphatic rings. The van der Waals surface area contributed by atoms with Crippen molar-refractivity contribution in [2.24, 2.45) is 0 Å². The molecule has 1 heterocycles. The molecule has 2 rings (SSSR count). The van der Waals surface area contributed by atoms with E-state index in [9.17, 15) is 0 Å². The van der Waals surface area contributed by atoms with Crippen LogP contribution >= 0.6 is 0 Å². The number of hydrogen-bond acceptors (Lipinski definition) is 4. The Morgan fingerprint density at radius 1 is 1.19 bits per heavy atom. The van der Waals surface area contributed by atoms with Crippen LogP contribution in [-0.4, -0.2) is 28.8 Å². The van der Waals surface area contributed by atoms with Crippen LogP contribution in [-0.2, 0) is 13.9 Å². The predicted octanol–water partition coefficient (Wildman–Crippen LogP) is 3.86. The van der Waals surface area contributed by atoms with Gasteiger partial charge in [-0.15, -0.1) is 0 Å². The van der Waals surface area contributed by atoms with E-state index in [4.69, 9.17) is 18.6 Å². The third-order valence-corrected chi connectivity index (χ3v) is 4.02. The number of rotatable bonds is 5. The molecule has 21 heavy (non-hydrogen) atoms. The molecule has 0 aromatic heterocycles. The molecule has 0 spiro atoms. The van der Waals surface area contributed by atoms with Crippen LogP contribution in [0.4, 0.5) is 0 Å². The zero-order valence-electron chi connectivity index (χ0n) is 13.4. The maximum Gasteiger partial charge on any atom is 0.241 e. The standard InChI is InChI=1S/C16H24O4Si/c1-17-13-8-6-7-12(9-13)15-10-14(20-21(3,4)5)11-16(18-2)19-15/h6-9,11,15-16H,10H2,1-5H3/t15-,16?/m0/s1. The van der Waals surface area contributed by atoms with Crippen molar-refractivity contribution in [3.8, 4) is 5.75 Å². The van der Waals surface area contributed by atoms with Crippen molar-refractivity contribution >= 4 is 8.32 Å². The van der Waals surface area contributed by atoms with Crippen LogP contribution in [0.2, 0.25) is 19.6 Å². The summed E-state index contributed by atoms with van der Waals surface area (Å²) < 4.78 is 22.7.